The highest BCUT2D eigenvalue weighted by Crippen LogP contribution is 2.11. The Labute approximate surface area is 123 Å². The van der Waals surface area contributed by atoms with Gasteiger partial charge in [0.05, 0.1) is 4.90 Å². The lowest BCUT2D eigenvalue weighted by Crippen LogP contribution is -2.54. The molecule has 1 heterocycles. The molecular weight excluding hydrogens is 294 g/mol. The molecule has 1 saturated heterocycles. The number of nitrogens with one attached hydrogen (secondary N) is 1. The minimum absolute atomic E-state index is 0.0157. The highest BCUT2D eigenvalue weighted by atomic mass is 32.2. The normalized spacial score (nSPS) is 16.0. The second-order valence-electron chi connectivity index (χ2n) is 4.96. The van der Waals surface area contributed by atoms with E-state index in [2.05, 4.69) is 0 Å². The Balaban J connectivity index is 2.08. The number of hydrogen-bond donors (Lipinski definition) is 1. The van der Waals surface area contributed by atoms with Crippen LogP contribution in [-0.2, 0) is 14.8 Å². The summed E-state index contributed by atoms with van der Waals surface area (Å²) in [5.41, 5.74) is 0.921. The predicted octanol–water partition coefficient (Wildman–Crippen LogP) is 0.167. The zero-order valence-corrected chi connectivity index (χ0v) is 12.7. The van der Waals surface area contributed by atoms with Crippen molar-refractivity contribution in [1.29, 1.82) is 0 Å². The summed E-state index contributed by atoms with van der Waals surface area (Å²) in [6.07, 6.45) is 0. The highest BCUT2D eigenvalue weighted by Gasteiger charge is 2.27. The molecule has 0 bridgehead atoms. The molecule has 114 valence electrons. The molecule has 21 heavy (non-hydrogen) atoms. The van der Waals surface area contributed by atoms with Crippen LogP contribution < -0.4 is 4.72 Å². The zero-order valence-electron chi connectivity index (χ0n) is 11.9. The maximum atomic E-state index is 12.1. The van der Waals surface area contributed by atoms with E-state index in [9.17, 15) is 18.0 Å². The lowest BCUT2D eigenvalue weighted by molar-refractivity contribution is -0.133. The van der Waals surface area contributed by atoms with Gasteiger partial charge in [0.15, 0.2) is 0 Å². The Bertz CT molecular complexity index is 654. The average Bonchev–Trinajstić information content (AvgIpc) is 2.41. The van der Waals surface area contributed by atoms with Crippen molar-refractivity contribution in [2.45, 2.75) is 11.8 Å². The number of benzene rings is 1. The van der Waals surface area contributed by atoms with Gasteiger partial charge in [-0.05, 0) is 19.1 Å². The van der Waals surface area contributed by atoms with E-state index >= 15 is 0 Å². The van der Waals surface area contributed by atoms with E-state index in [-0.39, 0.29) is 17.3 Å². The van der Waals surface area contributed by atoms with Crippen molar-refractivity contribution in [3.63, 3.8) is 0 Å². The number of nitrogens with zero attached hydrogens (tertiary/aromatic N) is 2. The van der Waals surface area contributed by atoms with Gasteiger partial charge in [-0.1, -0.05) is 17.7 Å². The Hall–Kier alpha value is -2.09. The summed E-state index contributed by atoms with van der Waals surface area (Å²) in [7, 11) is -2.28. The fourth-order valence-electron chi connectivity index (χ4n) is 1.89. The first-order chi connectivity index (χ1) is 9.79. The molecule has 1 aromatic carbocycles. The fraction of sp³-hybridized carbons (Fsp3) is 0.385. The van der Waals surface area contributed by atoms with Crippen LogP contribution >= 0.6 is 0 Å². The second kappa shape index (κ2) is 5.72. The summed E-state index contributed by atoms with van der Waals surface area (Å²) in [5, 5.41) is 0. The number of likely N-dealkylation sites (N-methyl/N-ethyl adjacent to an activating group) is 1. The van der Waals surface area contributed by atoms with Crippen molar-refractivity contribution in [3.05, 3.63) is 29.8 Å². The van der Waals surface area contributed by atoms with Crippen molar-refractivity contribution >= 4 is 22.0 Å². The average molecular weight is 311 g/mol. The van der Waals surface area contributed by atoms with Gasteiger partial charge in [-0.15, -0.1) is 0 Å². The summed E-state index contributed by atoms with van der Waals surface area (Å²) < 4.78 is 26.2. The molecule has 0 aromatic heterocycles. The zero-order chi connectivity index (χ0) is 15.6. The fourth-order valence-corrected chi connectivity index (χ4v) is 2.86. The van der Waals surface area contributed by atoms with E-state index < -0.39 is 16.1 Å². The van der Waals surface area contributed by atoms with Crippen LogP contribution in [0.5, 0.6) is 0 Å². The maximum Gasteiger partial charge on any atom is 0.331 e. The Morgan fingerprint density at radius 2 is 1.81 bits per heavy atom. The third-order valence-electron chi connectivity index (χ3n) is 3.30. The number of amides is 3. The number of rotatable bonds is 2. The molecule has 0 spiro atoms. The van der Waals surface area contributed by atoms with E-state index in [1.165, 1.54) is 21.9 Å². The van der Waals surface area contributed by atoms with E-state index in [0.29, 0.717) is 13.1 Å². The molecule has 0 aliphatic carbocycles. The molecule has 7 nitrogen and oxygen atoms in total. The third-order valence-corrected chi connectivity index (χ3v) is 4.63. The van der Waals surface area contributed by atoms with Crippen LogP contribution in [0.2, 0.25) is 0 Å². The number of carbonyl (C=O) groups excluding carboxylic acids is 2. The Morgan fingerprint density at radius 1 is 1.19 bits per heavy atom. The van der Waals surface area contributed by atoms with E-state index in [0.717, 1.165) is 5.56 Å². The maximum absolute atomic E-state index is 12.1. The first kappa shape index (κ1) is 15.3. The van der Waals surface area contributed by atoms with Crippen molar-refractivity contribution in [2.24, 2.45) is 0 Å². The van der Waals surface area contributed by atoms with Gasteiger partial charge in [0.1, 0.15) is 6.54 Å². The van der Waals surface area contributed by atoms with Crippen LogP contribution in [0.15, 0.2) is 29.2 Å². The molecule has 1 aromatic rings. The number of piperazine rings is 1. The number of hydrogen-bond acceptors (Lipinski definition) is 4. The number of carbonyl (C=O) groups is 2. The van der Waals surface area contributed by atoms with Gasteiger partial charge < -0.3 is 9.80 Å². The van der Waals surface area contributed by atoms with Crippen molar-refractivity contribution in [1.82, 2.24) is 14.5 Å². The van der Waals surface area contributed by atoms with Gasteiger partial charge in [-0.25, -0.2) is 17.9 Å². The number of sulfonamides is 1. The predicted molar refractivity (Wildman–Crippen MR) is 76.1 cm³/mol. The molecule has 0 unspecified atom stereocenters. The summed E-state index contributed by atoms with van der Waals surface area (Å²) >= 11 is 0. The van der Waals surface area contributed by atoms with Gasteiger partial charge >= 0.3 is 6.03 Å². The molecular formula is C13H17N3O4S. The molecule has 1 fully saturated rings. The van der Waals surface area contributed by atoms with Crippen molar-refractivity contribution in [3.8, 4) is 0 Å². The van der Waals surface area contributed by atoms with Gasteiger partial charge in [0.25, 0.3) is 10.0 Å². The minimum Gasteiger partial charge on any atom is -0.342 e. The SMILES string of the molecule is Cc1ccc(S(=O)(=O)NC(=O)N2CCN(C)C(=O)C2)cc1. The molecule has 8 heteroatoms. The molecule has 3 amide bonds. The van der Waals surface area contributed by atoms with E-state index in [4.69, 9.17) is 0 Å². The number of aryl methyl sites for hydroxylation is 1. The molecule has 1 N–H and O–H groups in total. The second-order valence-corrected chi connectivity index (χ2v) is 6.64. The van der Waals surface area contributed by atoms with Crippen LogP contribution in [-0.4, -0.2) is 56.8 Å². The van der Waals surface area contributed by atoms with Crippen LogP contribution in [0.4, 0.5) is 4.79 Å². The highest BCUT2D eigenvalue weighted by molar-refractivity contribution is 7.90. The molecule has 2 rings (SSSR count). The Kier molecular flexibility index (Phi) is 4.17. The van der Waals surface area contributed by atoms with E-state index in [1.807, 2.05) is 11.6 Å². The Morgan fingerprint density at radius 3 is 2.38 bits per heavy atom. The van der Waals surface area contributed by atoms with E-state index in [1.54, 1.807) is 19.2 Å². The molecule has 1 aliphatic rings. The number of urea groups is 1. The third kappa shape index (κ3) is 3.52. The molecule has 0 atom stereocenters. The van der Waals surface area contributed by atoms with Crippen molar-refractivity contribution < 1.29 is 18.0 Å². The van der Waals surface area contributed by atoms with Crippen LogP contribution in [0, 0.1) is 6.92 Å². The summed E-state index contributed by atoms with van der Waals surface area (Å²) in [6, 6.07) is 5.38. The quantitative estimate of drug-likeness (QED) is 0.843. The molecule has 0 saturated carbocycles. The largest absolute Gasteiger partial charge is 0.342 e. The minimum atomic E-state index is -3.92. The topological polar surface area (TPSA) is 86.8 Å². The summed E-state index contributed by atoms with van der Waals surface area (Å²) in [4.78, 5) is 26.2. The lowest BCUT2D eigenvalue weighted by atomic mass is 10.2. The first-order valence-corrected chi connectivity index (χ1v) is 7.90. The first-order valence-electron chi connectivity index (χ1n) is 6.42. The van der Waals surface area contributed by atoms with Gasteiger partial charge in [0, 0.05) is 20.1 Å². The van der Waals surface area contributed by atoms with Gasteiger partial charge in [0.2, 0.25) is 5.91 Å². The molecule has 1 aliphatic heterocycles. The summed E-state index contributed by atoms with van der Waals surface area (Å²) in [5.74, 6) is -0.218. The van der Waals surface area contributed by atoms with Gasteiger partial charge in [-0.3, -0.25) is 4.79 Å². The van der Waals surface area contributed by atoms with Crippen molar-refractivity contribution in [2.75, 3.05) is 26.7 Å². The smallest absolute Gasteiger partial charge is 0.331 e. The van der Waals surface area contributed by atoms with Crippen LogP contribution in [0.3, 0.4) is 0 Å². The van der Waals surface area contributed by atoms with Crippen LogP contribution in [0.1, 0.15) is 5.56 Å². The monoisotopic (exact) mass is 311 g/mol. The van der Waals surface area contributed by atoms with Crippen LogP contribution in [0.25, 0.3) is 0 Å². The van der Waals surface area contributed by atoms with Gasteiger partial charge in [-0.2, -0.15) is 0 Å². The standard InChI is InChI=1S/C13H17N3O4S/c1-10-3-5-11(6-4-10)21(19,20)14-13(18)16-8-7-15(2)12(17)9-16/h3-6H,7-9H2,1-2H3,(H,14,18). The molecule has 0 radical (unpaired) electrons. The lowest BCUT2D eigenvalue weighted by Gasteiger charge is -2.31. The summed E-state index contributed by atoms with van der Waals surface area (Å²) in [6.45, 7) is 2.41.